The molecule has 5 nitrogen and oxygen atoms in total. The SMILES string of the molecule is NC(N)=NC1=NCCCN1. The van der Waals surface area contributed by atoms with E-state index < -0.39 is 0 Å². The van der Waals surface area contributed by atoms with Crippen molar-refractivity contribution in [1.29, 1.82) is 0 Å². The molecule has 1 aliphatic rings. The minimum atomic E-state index is 0.0492. The van der Waals surface area contributed by atoms with Crippen LogP contribution in [0.3, 0.4) is 0 Å². The summed E-state index contributed by atoms with van der Waals surface area (Å²) in [6.45, 7) is 1.70. The lowest BCUT2D eigenvalue weighted by molar-refractivity contribution is 0.736. The van der Waals surface area contributed by atoms with Gasteiger partial charge >= 0.3 is 0 Å². The first-order valence-corrected chi connectivity index (χ1v) is 3.17. The van der Waals surface area contributed by atoms with Crippen LogP contribution in [0.1, 0.15) is 6.42 Å². The third-order valence-electron chi connectivity index (χ3n) is 1.11. The zero-order valence-corrected chi connectivity index (χ0v) is 5.67. The van der Waals surface area contributed by atoms with Gasteiger partial charge in [-0.2, -0.15) is 4.99 Å². The molecule has 0 saturated heterocycles. The first kappa shape index (κ1) is 6.85. The summed E-state index contributed by atoms with van der Waals surface area (Å²) in [6.07, 6.45) is 1.05. The molecule has 1 heterocycles. The van der Waals surface area contributed by atoms with E-state index in [1.54, 1.807) is 0 Å². The highest BCUT2D eigenvalue weighted by atomic mass is 15.2. The third kappa shape index (κ3) is 1.93. The van der Waals surface area contributed by atoms with Gasteiger partial charge in [0.05, 0.1) is 0 Å². The molecule has 0 spiro atoms. The Hall–Kier alpha value is -1.26. The molecule has 0 aromatic heterocycles. The van der Waals surface area contributed by atoms with Crippen LogP contribution in [0.15, 0.2) is 9.98 Å². The molecule has 0 radical (unpaired) electrons. The first-order valence-electron chi connectivity index (χ1n) is 3.17. The normalized spacial score (nSPS) is 17.0. The Labute approximate surface area is 59.2 Å². The van der Waals surface area contributed by atoms with Gasteiger partial charge in [-0.25, -0.2) is 0 Å². The zero-order chi connectivity index (χ0) is 7.40. The molecule has 0 aliphatic carbocycles. The Balaban J connectivity index is 2.54. The quantitative estimate of drug-likeness (QED) is 0.286. The van der Waals surface area contributed by atoms with Crippen molar-refractivity contribution >= 4 is 11.9 Å². The zero-order valence-electron chi connectivity index (χ0n) is 5.67. The second kappa shape index (κ2) is 3.05. The molecule has 0 atom stereocenters. The Kier molecular flexibility index (Phi) is 2.09. The van der Waals surface area contributed by atoms with E-state index in [1.807, 2.05) is 0 Å². The summed E-state index contributed by atoms with van der Waals surface area (Å²) in [7, 11) is 0. The van der Waals surface area contributed by atoms with Crippen LogP contribution < -0.4 is 16.8 Å². The van der Waals surface area contributed by atoms with Crippen molar-refractivity contribution in [2.75, 3.05) is 13.1 Å². The van der Waals surface area contributed by atoms with Crippen LogP contribution in [-0.2, 0) is 0 Å². The van der Waals surface area contributed by atoms with Crippen molar-refractivity contribution in [3.8, 4) is 0 Å². The number of nitrogens with zero attached hydrogens (tertiary/aromatic N) is 2. The van der Waals surface area contributed by atoms with E-state index in [1.165, 1.54) is 0 Å². The smallest absolute Gasteiger partial charge is 0.221 e. The molecule has 56 valence electrons. The fourth-order valence-corrected chi connectivity index (χ4v) is 0.717. The molecular weight excluding hydrogens is 130 g/mol. The average Bonchev–Trinajstić information content (AvgIpc) is 1.88. The fourth-order valence-electron chi connectivity index (χ4n) is 0.717. The average molecular weight is 141 g/mol. The van der Waals surface area contributed by atoms with Crippen LogP contribution in [-0.4, -0.2) is 25.0 Å². The maximum atomic E-state index is 5.13. The Bertz CT molecular complexity index is 167. The number of hydrogen-bond donors (Lipinski definition) is 3. The molecule has 5 heteroatoms. The summed E-state index contributed by atoms with van der Waals surface area (Å²) in [5, 5.41) is 2.95. The lowest BCUT2D eigenvalue weighted by atomic mass is 10.4. The minimum Gasteiger partial charge on any atom is -0.370 e. The van der Waals surface area contributed by atoms with Gasteiger partial charge in [-0.05, 0) is 6.42 Å². The monoisotopic (exact) mass is 141 g/mol. The predicted octanol–water partition coefficient (Wildman–Crippen LogP) is -1.39. The fraction of sp³-hybridized carbons (Fsp3) is 0.600. The van der Waals surface area contributed by atoms with E-state index in [4.69, 9.17) is 11.5 Å². The standard InChI is InChI=1S/C5H11N5/c6-4(7)10-5-8-2-1-3-9-5/h1-3H2,(H5,6,7,8,9,10). The van der Waals surface area contributed by atoms with Gasteiger partial charge in [0.1, 0.15) is 0 Å². The van der Waals surface area contributed by atoms with Crippen LogP contribution >= 0.6 is 0 Å². The lowest BCUT2D eigenvalue weighted by Gasteiger charge is -2.09. The molecule has 1 rings (SSSR count). The van der Waals surface area contributed by atoms with Gasteiger partial charge in [-0.15, -0.1) is 0 Å². The molecule has 0 bridgehead atoms. The minimum absolute atomic E-state index is 0.0492. The van der Waals surface area contributed by atoms with Gasteiger partial charge in [0.2, 0.25) is 5.96 Å². The van der Waals surface area contributed by atoms with E-state index in [2.05, 4.69) is 15.3 Å². The van der Waals surface area contributed by atoms with Crippen LogP contribution in [0.25, 0.3) is 0 Å². The van der Waals surface area contributed by atoms with Crippen LogP contribution in [0.5, 0.6) is 0 Å². The maximum Gasteiger partial charge on any atom is 0.221 e. The van der Waals surface area contributed by atoms with E-state index in [-0.39, 0.29) is 5.96 Å². The van der Waals surface area contributed by atoms with Gasteiger partial charge in [-0.1, -0.05) is 0 Å². The van der Waals surface area contributed by atoms with Crippen LogP contribution in [0.4, 0.5) is 0 Å². The Morgan fingerprint density at radius 3 is 2.90 bits per heavy atom. The molecule has 0 aromatic carbocycles. The highest BCUT2D eigenvalue weighted by Crippen LogP contribution is 1.89. The molecular formula is C5H11N5. The summed E-state index contributed by atoms with van der Waals surface area (Å²) in [5.74, 6) is 0.597. The molecule has 5 N–H and O–H groups in total. The van der Waals surface area contributed by atoms with E-state index in [9.17, 15) is 0 Å². The lowest BCUT2D eigenvalue weighted by Crippen LogP contribution is -2.32. The van der Waals surface area contributed by atoms with E-state index in [0.29, 0.717) is 5.96 Å². The van der Waals surface area contributed by atoms with Gasteiger partial charge in [-0.3, -0.25) is 4.99 Å². The number of nitrogens with one attached hydrogen (secondary N) is 1. The van der Waals surface area contributed by atoms with Gasteiger partial charge in [0, 0.05) is 13.1 Å². The molecule has 10 heavy (non-hydrogen) atoms. The molecule has 1 aliphatic heterocycles. The number of nitrogens with two attached hydrogens (primary N) is 2. The van der Waals surface area contributed by atoms with Crippen molar-refractivity contribution in [2.24, 2.45) is 21.5 Å². The van der Waals surface area contributed by atoms with Crippen molar-refractivity contribution in [3.63, 3.8) is 0 Å². The highest BCUT2D eigenvalue weighted by molar-refractivity contribution is 5.93. The van der Waals surface area contributed by atoms with Crippen molar-refractivity contribution < 1.29 is 0 Å². The number of rotatable bonds is 0. The van der Waals surface area contributed by atoms with Crippen LogP contribution in [0, 0.1) is 0 Å². The predicted molar refractivity (Wildman–Crippen MR) is 40.7 cm³/mol. The van der Waals surface area contributed by atoms with Gasteiger partial charge < -0.3 is 16.8 Å². The van der Waals surface area contributed by atoms with Crippen molar-refractivity contribution in [3.05, 3.63) is 0 Å². The molecule has 0 saturated carbocycles. The van der Waals surface area contributed by atoms with E-state index in [0.717, 1.165) is 19.5 Å². The second-order valence-electron chi connectivity index (χ2n) is 2.02. The van der Waals surface area contributed by atoms with Crippen molar-refractivity contribution in [1.82, 2.24) is 5.32 Å². The summed E-state index contributed by atoms with van der Waals surface area (Å²) in [6, 6.07) is 0. The molecule has 0 unspecified atom stereocenters. The Morgan fingerprint density at radius 1 is 1.60 bits per heavy atom. The second-order valence-corrected chi connectivity index (χ2v) is 2.02. The summed E-state index contributed by atoms with van der Waals surface area (Å²) >= 11 is 0. The third-order valence-corrected chi connectivity index (χ3v) is 1.11. The Morgan fingerprint density at radius 2 is 2.40 bits per heavy atom. The van der Waals surface area contributed by atoms with E-state index >= 15 is 0 Å². The van der Waals surface area contributed by atoms with Gasteiger partial charge in [0.25, 0.3) is 0 Å². The molecule has 0 fully saturated rings. The summed E-state index contributed by atoms with van der Waals surface area (Å²) < 4.78 is 0. The summed E-state index contributed by atoms with van der Waals surface area (Å²) in [4.78, 5) is 7.78. The maximum absolute atomic E-state index is 5.13. The molecule has 0 aromatic rings. The number of aliphatic imine (C=N–C) groups is 2. The molecule has 0 amide bonds. The largest absolute Gasteiger partial charge is 0.370 e. The van der Waals surface area contributed by atoms with Gasteiger partial charge in [0.15, 0.2) is 5.96 Å². The number of hydrogen-bond acceptors (Lipinski definition) is 3. The summed E-state index contributed by atoms with van der Waals surface area (Å²) in [5.41, 5.74) is 10.3. The van der Waals surface area contributed by atoms with Crippen molar-refractivity contribution in [2.45, 2.75) is 6.42 Å². The number of guanidine groups is 2. The highest BCUT2D eigenvalue weighted by Gasteiger charge is 2.00. The first-order chi connectivity index (χ1) is 4.79. The topological polar surface area (TPSA) is 88.8 Å². The van der Waals surface area contributed by atoms with Crippen LogP contribution in [0.2, 0.25) is 0 Å².